The van der Waals surface area contributed by atoms with E-state index in [4.69, 9.17) is 0 Å². The molecule has 0 saturated heterocycles. The van der Waals surface area contributed by atoms with Crippen molar-refractivity contribution in [2.45, 2.75) is 65.3 Å². The van der Waals surface area contributed by atoms with Crippen molar-refractivity contribution in [3.05, 3.63) is 12.2 Å². The summed E-state index contributed by atoms with van der Waals surface area (Å²) in [5.41, 5.74) is 0.971. The van der Waals surface area contributed by atoms with Crippen LogP contribution in [0, 0.1) is 11.8 Å². The number of carbonyl (C=O) groups is 1. The van der Waals surface area contributed by atoms with E-state index in [1.807, 2.05) is 27.7 Å². The molecule has 1 rings (SSSR count). The highest BCUT2D eigenvalue weighted by atomic mass is 16.2. The lowest BCUT2D eigenvalue weighted by Crippen LogP contribution is -2.44. The van der Waals surface area contributed by atoms with Crippen LogP contribution in [0.15, 0.2) is 12.2 Å². The zero-order valence-corrected chi connectivity index (χ0v) is 11.8. The van der Waals surface area contributed by atoms with E-state index < -0.39 is 0 Å². The fraction of sp³-hybridized carbons (Fsp3) is 0.800. The molecule has 1 aliphatic carbocycles. The van der Waals surface area contributed by atoms with Gasteiger partial charge >= 0.3 is 0 Å². The molecule has 0 spiro atoms. The average Bonchev–Trinajstić information content (AvgIpc) is 2.91. The highest BCUT2D eigenvalue weighted by Crippen LogP contribution is 2.35. The number of amides is 1. The van der Waals surface area contributed by atoms with Crippen molar-refractivity contribution < 1.29 is 4.79 Å². The Bertz CT molecular complexity index is 284. The molecule has 0 heterocycles. The van der Waals surface area contributed by atoms with Crippen molar-refractivity contribution in [1.82, 2.24) is 5.32 Å². The molecule has 17 heavy (non-hydrogen) atoms. The van der Waals surface area contributed by atoms with E-state index in [1.54, 1.807) is 0 Å². The van der Waals surface area contributed by atoms with Crippen LogP contribution in [0.4, 0.5) is 0 Å². The fourth-order valence-electron chi connectivity index (χ4n) is 2.06. The summed E-state index contributed by atoms with van der Waals surface area (Å²) in [4.78, 5) is 12.2. The van der Waals surface area contributed by atoms with Crippen LogP contribution >= 0.6 is 0 Å². The fourth-order valence-corrected chi connectivity index (χ4v) is 2.06. The summed E-state index contributed by atoms with van der Waals surface area (Å²) in [6.07, 6.45) is 5.77. The predicted molar refractivity (Wildman–Crippen MR) is 72.8 cm³/mol. The number of hydrogen-bond donors (Lipinski definition) is 1. The van der Waals surface area contributed by atoms with Gasteiger partial charge in [-0.05, 0) is 52.9 Å². The van der Waals surface area contributed by atoms with Gasteiger partial charge in [-0.2, -0.15) is 0 Å². The molecular weight excluding hydrogens is 210 g/mol. The quantitative estimate of drug-likeness (QED) is 0.702. The highest BCUT2D eigenvalue weighted by Gasteiger charge is 2.27. The van der Waals surface area contributed by atoms with Crippen LogP contribution in [0.1, 0.15) is 59.8 Å². The van der Waals surface area contributed by atoms with Gasteiger partial charge in [-0.3, -0.25) is 4.79 Å². The van der Waals surface area contributed by atoms with E-state index in [2.05, 4.69) is 11.9 Å². The van der Waals surface area contributed by atoms with E-state index in [0.717, 1.165) is 24.3 Å². The summed E-state index contributed by atoms with van der Waals surface area (Å²) in [6.45, 7) is 12.0. The molecule has 2 heteroatoms. The molecule has 1 saturated carbocycles. The molecule has 1 unspecified atom stereocenters. The monoisotopic (exact) mass is 237 g/mol. The predicted octanol–water partition coefficient (Wildman–Crippen LogP) is 3.67. The van der Waals surface area contributed by atoms with Crippen molar-refractivity contribution in [3.8, 4) is 0 Å². The first kappa shape index (κ1) is 14.3. The topological polar surface area (TPSA) is 29.1 Å². The molecule has 98 valence electrons. The van der Waals surface area contributed by atoms with E-state index >= 15 is 0 Å². The maximum Gasteiger partial charge on any atom is 0.223 e. The van der Waals surface area contributed by atoms with Crippen LogP contribution in [0.3, 0.4) is 0 Å². The summed E-state index contributed by atoms with van der Waals surface area (Å²) >= 11 is 0. The third-order valence-electron chi connectivity index (χ3n) is 3.08. The van der Waals surface area contributed by atoms with Gasteiger partial charge in [0, 0.05) is 11.5 Å². The number of carbonyl (C=O) groups excluding carboxylic acids is 1. The van der Waals surface area contributed by atoms with Gasteiger partial charge in [-0.15, -0.1) is 6.58 Å². The minimum atomic E-state index is -0.135. The first-order valence-corrected chi connectivity index (χ1v) is 6.74. The molecule has 1 aliphatic rings. The number of rotatable bonds is 6. The van der Waals surface area contributed by atoms with E-state index in [-0.39, 0.29) is 17.4 Å². The Morgan fingerprint density at radius 1 is 1.41 bits per heavy atom. The Kier molecular flexibility index (Phi) is 4.79. The Morgan fingerprint density at radius 3 is 2.41 bits per heavy atom. The van der Waals surface area contributed by atoms with Crippen LogP contribution in [0.25, 0.3) is 0 Å². The molecule has 2 nitrogen and oxygen atoms in total. The minimum Gasteiger partial charge on any atom is -0.351 e. The zero-order valence-electron chi connectivity index (χ0n) is 11.8. The zero-order chi connectivity index (χ0) is 13.1. The molecule has 0 aromatic heterocycles. The second kappa shape index (κ2) is 5.70. The summed E-state index contributed by atoms with van der Waals surface area (Å²) in [7, 11) is 0. The Balaban J connectivity index is 2.47. The van der Waals surface area contributed by atoms with Crippen LogP contribution < -0.4 is 5.32 Å². The lowest BCUT2D eigenvalue weighted by atomic mass is 9.92. The van der Waals surface area contributed by atoms with E-state index in [1.165, 1.54) is 19.3 Å². The third kappa shape index (κ3) is 6.50. The van der Waals surface area contributed by atoms with Crippen molar-refractivity contribution >= 4 is 5.91 Å². The SMILES string of the molecule is C=C(C)CC(CCC1CC1)C(=O)NC(C)(C)C. The maximum atomic E-state index is 12.2. The third-order valence-corrected chi connectivity index (χ3v) is 3.08. The maximum absolute atomic E-state index is 12.2. The lowest BCUT2D eigenvalue weighted by molar-refractivity contribution is -0.126. The van der Waals surface area contributed by atoms with Gasteiger partial charge in [0.25, 0.3) is 0 Å². The molecular formula is C15H27NO. The first-order chi connectivity index (χ1) is 7.78. The Labute approximate surface area is 106 Å². The van der Waals surface area contributed by atoms with Gasteiger partial charge in [0.1, 0.15) is 0 Å². The molecule has 0 radical (unpaired) electrons. The molecule has 0 aromatic rings. The normalized spacial score (nSPS) is 17.6. The Morgan fingerprint density at radius 2 is 2.00 bits per heavy atom. The van der Waals surface area contributed by atoms with Crippen LogP contribution in [0.5, 0.6) is 0 Å². The standard InChI is InChI=1S/C15H27NO/c1-11(2)10-13(9-8-12-6-7-12)14(17)16-15(3,4)5/h12-13H,1,6-10H2,2-5H3,(H,16,17). The molecule has 1 amide bonds. The van der Waals surface area contributed by atoms with E-state index in [0.29, 0.717) is 0 Å². The number of allylic oxidation sites excluding steroid dienone is 1. The minimum absolute atomic E-state index is 0.118. The van der Waals surface area contributed by atoms with Gasteiger partial charge in [-0.1, -0.05) is 18.4 Å². The summed E-state index contributed by atoms with van der Waals surface area (Å²) in [5.74, 6) is 1.21. The van der Waals surface area contributed by atoms with E-state index in [9.17, 15) is 4.79 Å². The first-order valence-electron chi connectivity index (χ1n) is 6.74. The van der Waals surface area contributed by atoms with Gasteiger partial charge in [-0.25, -0.2) is 0 Å². The molecule has 1 fully saturated rings. The summed E-state index contributed by atoms with van der Waals surface area (Å²) in [6, 6.07) is 0. The smallest absolute Gasteiger partial charge is 0.223 e. The van der Waals surface area contributed by atoms with Crippen molar-refractivity contribution in [2.24, 2.45) is 11.8 Å². The number of nitrogens with one attached hydrogen (secondary N) is 1. The molecule has 0 aliphatic heterocycles. The largest absolute Gasteiger partial charge is 0.351 e. The van der Waals surface area contributed by atoms with Gasteiger partial charge in [0.2, 0.25) is 5.91 Å². The average molecular weight is 237 g/mol. The summed E-state index contributed by atoms with van der Waals surface area (Å²) in [5, 5.41) is 3.09. The molecule has 1 atom stereocenters. The lowest BCUT2D eigenvalue weighted by Gasteiger charge is -2.25. The van der Waals surface area contributed by atoms with Gasteiger partial charge in [0.05, 0.1) is 0 Å². The summed E-state index contributed by atoms with van der Waals surface area (Å²) < 4.78 is 0. The second-order valence-corrected chi connectivity index (χ2v) is 6.62. The second-order valence-electron chi connectivity index (χ2n) is 6.62. The molecule has 0 aromatic carbocycles. The van der Waals surface area contributed by atoms with Crippen LogP contribution in [0.2, 0.25) is 0 Å². The molecule has 0 bridgehead atoms. The number of hydrogen-bond acceptors (Lipinski definition) is 1. The Hall–Kier alpha value is -0.790. The van der Waals surface area contributed by atoms with Crippen LogP contribution in [-0.2, 0) is 4.79 Å². The highest BCUT2D eigenvalue weighted by molar-refractivity contribution is 5.79. The van der Waals surface area contributed by atoms with Crippen LogP contribution in [-0.4, -0.2) is 11.4 Å². The van der Waals surface area contributed by atoms with Crippen molar-refractivity contribution in [2.75, 3.05) is 0 Å². The van der Waals surface area contributed by atoms with Crippen molar-refractivity contribution in [3.63, 3.8) is 0 Å². The van der Waals surface area contributed by atoms with Gasteiger partial charge < -0.3 is 5.32 Å². The van der Waals surface area contributed by atoms with Crippen molar-refractivity contribution in [1.29, 1.82) is 0 Å². The van der Waals surface area contributed by atoms with Gasteiger partial charge in [0.15, 0.2) is 0 Å². The molecule has 1 N–H and O–H groups in total.